The first-order chi connectivity index (χ1) is 10.2. The summed E-state index contributed by atoms with van der Waals surface area (Å²) in [4.78, 5) is 26.8. The molecule has 0 atom stereocenters. The predicted molar refractivity (Wildman–Crippen MR) is 76.3 cm³/mol. The zero-order valence-electron chi connectivity index (χ0n) is 11.1. The summed E-state index contributed by atoms with van der Waals surface area (Å²) in [6.07, 6.45) is 1.49. The second-order valence-corrected chi connectivity index (χ2v) is 4.17. The summed E-state index contributed by atoms with van der Waals surface area (Å²) in [5.74, 6) is 0.368. The minimum Gasteiger partial charge on any atom is -0.436 e. The van der Waals surface area contributed by atoms with Crippen LogP contribution in [0.4, 0.5) is 5.95 Å². The number of carbonyl (C=O) groups is 1. The number of nitrogens with two attached hydrogens (primary N) is 1. The van der Waals surface area contributed by atoms with Crippen molar-refractivity contribution in [1.29, 1.82) is 0 Å². The van der Waals surface area contributed by atoms with E-state index in [9.17, 15) is 4.79 Å². The van der Waals surface area contributed by atoms with Gasteiger partial charge >= 0.3 is 0 Å². The van der Waals surface area contributed by atoms with Crippen LogP contribution in [0.1, 0.15) is 10.4 Å². The molecule has 3 rings (SSSR count). The molecule has 2 heterocycles. The van der Waals surface area contributed by atoms with E-state index in [0.29, 0.717) is 22.9 Å². The van der Waals surface area contributed by atoms with Crippen molar-refractivity contribution in [1.82, 2.24) is 19.9 Å². The number of primary amides is 1. The van der Waals surface area contributed by atoms with Crippen molar-refractivity contribution in [3.63, 3.8) is 0 Å². The predicted octanol–water partition coefficient (Wildman–Crippen LogP) is 1.29. The molecule has 0 aliphatic heterocycles. The number of benzene rings is 1. The lowest BCUT2D eigenvalue weighted by Gasteiger charge is -2.09. The van der Waals surface area contributed by atoms with Gasteiger partial charge in [-0.1, -0.05) is 12.1 Å². The quantitative estimate of drug-likeness (QED) is 0.664. The first-order valence-electron chi connectivity index (χ1n) is 6.14. The number of nitrogens with zero attached hydrogens (tertiary/aromatic N) is 3. The molecule has 0 spiro atoms. The fourth-order valence-corrected chi connectivity index (χ4v) is 1.86. The van der Waals surface area contributed by atoms with E-state index in [1.807, 2.05) is 0 Å². The summed E-state index contributed by atoms with van der Waals surface area (Å²) in [7, 11) is 1.69. The topological polar surface area (TPSA) is 119 Å². The molecule has 0 aliphatic rings. The van der Waals surface area contributed by atoms with Gasteiger partial charge in [-0.25, -0.2) is 4.98 Å². The summed E-state index contributed by atoms with van der Waals surface area (Å²) in [5.41, 5.74) is 6.60. The van der Waals surface area contributed by atoms with Crippen molar-refractivity contribution in [2.24, 2.45) is 5.73 Å². The number of hydrogen-bond acceptors (Lipinski definition) is 6. The number of nitrogens with one attached hydrogen (secondary N) is 2. The summed E-state index contributed by atoms with van der Waals surface area (Å²) in [6, 6.07) is 6.68. The van der Waals surface area contributed by atoms with Gasteiger partial charge in [-0.2, -0.15) is 9.97 Å². The zero-order chi connectivity index (χ0) is 14.8. The second kappa shape index (κ2) is 5.08. The van der Waals surface area contributed by atoms with Crippen LogP contribution in [0.15, 0.2) is 30.6 Å². The maximum absolute atomic E-state index is 11.4. The maximum atomic E-state index is 11.4. The summed E-state index contributed by atoms with van der Waals surface area (Å²) >= 11 is 0. The van der Waals surface area contributed by atoms with Crippen LogP contribution in [0.3, 0.4) is 0 Å². The van der Waals surface area contributed by atoms with Crippen LogP contribution in [0.5, 0.6) is 11.6 Å². The number of aromatic nitrogens is 4. The fraction of sp³-hybridized carbons (Fsp3) is 0.0769. The normalized spacial score (nSPS) is 10.5. The van der Waals surface area contributed by atoms with Gasteiger partial charge < -0.3 is 20.8 Å². The molecule has 0 radical (unpaired) electrons. The minimum absolute atomic E-state index is 0.260. The molecule has 0 saturated heterocycles. The number of amides is 1. The van der Waals surface area contributed by atoms with Gasteiger partial charge in [0.15, 0.2) is 5.65 Å². The van der Waals surface area contributed by atoms with Crippen LogP contribution in [0, 0.1) is 0 Å². The van der Waals surface area contributed by atoms with Crippen molar-refractivity contribution in [2.75, 3.05) is 12.4 Å². The lowest BCUT2D eigenvalue weighted by atomic mass is 10.2. The third kappa shape index (κ3) is 2.34. The number of ether oxygens (including phenoxy) is 1. The molecule has 106 valence electrons. The van der Waals surface area contributed by atoms with E-state index >= 15 is 0 Å². The molecule has 0 unspecified atom stereocenters. The van der Waals surface area contributed by atoms with Crippen LogP contribution in [0.2, 0.25) is 0 Å². The number of H-pyrrole nitrogens is 1. The van der Waals surface area contributed by atoms with Gasteiger partial charge in [0, 0.05) is 7.05 Å². The highest BCUT2D eigenvalue weighted by Gasteiger charge is 2.15. The largest absolute Gasteiger partial charge is 0.436 e. The summed E-state index contributed by atoms with van der Waals surface area (Å²) < 4.78 is 5.72. The molecule has 1 aromatic carbocycles. The molecule has 1 amide bonds. The molecule has 21 heavy (non-hydrogen) atoms. The number of hydrogen-bond donors (Lipinski definition) is 3. The van der Waals surface area contributed by atoms with Gasteiger partial charge in [0.2, 0.25) is 5.95 Å². The summed E-state index contributed by atoms with van der Waals surface area (Å²) in [5, 5.41) is 2.82. The van der Waals surface area contributed by atoms with Gasteiger partial charge in [0.1, 0.15) is 11.3 Å². The molecule has 0 saturated carbocycles. The number of aromatic amines is 1. The Kier molecular flexibility index (Phi) is 3.11. The van der Waals surface area contributed by atoms with E-state index in [0.717, 1.165) is 0 Å². The monoisotopic (exact) mass is 284 g/mol. The smallest absolute Gasteiger partial charge is 0.252 e. The molecular formula is C13H12N6O2. The highest BCUT2D eigenvalue weighted by Crippen LogP contribution is 2.28. The first kappa shape index (κ1) is 12.9. The number of anilines is 1. The Bertz CT molecular complexity index is 813. The summed E-state index contributed by atoms with van der Waals surface area (Å²) in [6.45, 7) is 0. The van der Waals surface area contributed by atoms with E-state index in [1.54, 1.807) is 31.3 Å². The lowest BCUT2D eigenvalue weighted by molar-refractivity contribution is 0.0998. The van der Waals surface area contributed by atoms with Gasteiger partial charge in [0.25, 0.3) is 11.8 Å². The molecule has 0 bridgehead atoms. The molecular weight excluding hydrogens is 272 g/mol. The van der Waals surface area contributed by atoms with Gasteiger partial charge in [-0.05, 0) is 12.1 Å². The molecule has 8 heteroatoms. The number of carbonyl (C=O) groups excluding carboxylic acids is 1. The van der Waals surface area contributed by atoms with Gasteiger partial charge in [0.05, 0.1) is 11.9 Å². The fourth-order valence-electron chi connectivity index (χ4n) is 1.86. The van der Waals surface area contributed by atoms with E-state index < -0.39 is 5.91 Å². The third-order valence-corrected chi connectivity index (χ3v) is 2.84. The van der Waals surface area contributed by atoms with Crippen LogP contribution in [0.25, 0.3) is 11.2 Å². The van der Waals surface area contributed by atoms with Crippen LogP contribution >= 0.6 is 0 Å². The SMILES string of the molecule is CNc1nc(Oc2ccccc2C(N)=O)c2[nH]cnc2n1. The molecule has 4 N–H and O–H groups in total. The highest BCUT2D eigenvalue weighted by atomic mass is 16.5. The number of para-hydroxylation sites is 1. The maximum Gasteiger partial charge on any atom is 0.252 e. The average Bonchev–Trinajstić information content (AvgIpc) is 2.96. The number of imidazole rings is 1. The molecule has 0 fully saturated rings. The van der Waals surface area contributed by atoms with Gasteiger partial charge in [-0.3, -0.25) is 4.79 Å². The Morgan fingerprint density at radius 3 is 2.90 bits per heavy atom. The van der Waals surface area contributed by atoms with Crippen molar-refractivity contribution in [2.45, 2.75) is 0 Å². The van der Waals surface area contributed by atoms with Crippen molar-refractivity contribution in [3.8, 4) is 11.6 Å². The first-order valence-corrected chi connectivity index (χ1v) is 6.14. The zero-order valence-corrected chi connectivity index (χ0v) is 11.1. The Morgan fingerprint density at radius 1 is 1.33 bits per heavy atom. The Hall–Kier alpha value is -3.16. The Morgan fingerprint density at radius 2 is 2.14 bits per heavy atom. The standard InChI is InChI=1S/C13H12N6O2/c1-15-13-18-11-9(16-6-17-11)12(19-13)21-8-5-3-2-4-7(8)10(14)20/h2-6H,1H3,(H2,14,20)(H2,15,16,17,18,19). The van der Waals surface area contributed by atoms with Crippen molar-refractivity contribution < 1.29 is 9.53 Å². The Labute approximate surface area is 119 Å². The third-order valence-electron chi connectivity index (χ3n) is 2.84. The van der Waals surface area contributed by atoms with Crippen LogP contribution < -0.4 is 15.8 Å². The number of fused-ring (bicyclic) bond motifs is 1. The van der Waals surface area contributed by atoms with Gasteiger partial charge in [-0.15, -0.1) is 0 Å². The van der Waals surface area contributed by atoms with E-state index in [4.69, 9.17) is 10.5 Å². The van der Waals surface area contributed by atoms with E-state index in [2.05, 4.69) is 25.3 Å². The average molecular weight is 284 g/mol. The number of rotatable bonds is 4. The van der Waals surface area contributed by atoms with Crippen molar-refractivity contribution in [3.05, 3.63) is 36.2 Å². The molecule has 0 aliphatic carbocycles. The molecule has 2 aromatic heterocycles. The van der Waals surface area contributed by atoms with Crippen LogP contribution in [-0.4, -0.2) is 32.9 Å². The van der Waals surface area contributed by atoms with Crippen LogP contribution in [-0.2, 0) is 0 Å². The molecule has 8 nitrogen and oxygen atoms in total. The van der Waals surface area contributed by atoms with E-state index in [1.165, 1.54) is 6.33 Å². The lowest BCUT2D eigenvalue weighted by Crippen LogP contribution is -2.12. The Balaban J connectivity index is 2.10. The highest BCUT2D eigenvalue weighted by molar-refractivity contribution is 5.95. The molecule has 3 aromatic rings. The van der Waals surface area contributed by atoms with E-state index in [-0.39, 0.29) is 11.4 Å². The second-order valence-electron chi connectivity index (χ2n) is 4.17. The van der Waals surface area contributed by atoms with Crippen molar-refractivity contribution >= 4 is 23.0 Å². The minimum atomic E-state index is -0.575.